The van der Waals surface area contributed by atoms with Crippen LogP contribution in [0.5, 0.6) is 11.8 Å². The van der Waals surface area contributed by atoms with E-state index in [1.165, 1.54) is 6.33 Å². The van der Waals surface area contributed by atoms with E-state index in [2.05, 4.69) is 15.3 Å². The molecule has 2 aromatic rings. The Bertz CT molecular complexity index is 492. The van der Waals surface area contributed by atoms with Gasteiger partial charge in [-0.3, -0.25) is 0 Å². The number of furan rings is 1. The lowest BCUT2D eigenvalue weighted by Gasteiger charge is -2.14. The summed E-state index contributed by atoms with van der Waals surface area (Å²) in [6.07, 6.45) is 3.07. The second-order valence-corrected chi connectivity index (χ2v) is 3.99. The Morgan fingerprint density at radius 2 is 1.95 bits per heavy atom. The van der Waals surface area contributed by atoms with Crippen LogP contribution >= 0.6 is 0 Å². The highest BCUT2D eigenvalue weighted by Crippen LogP contribution is 2.24. The van der Waals surface area contributed by atoms with Gasteiger partial charge in [0.25, 0.3) is 0 Å². The molecule has 6 nitrogen and oxygen atoms in total. The zero-order valence-corrected chi connectivity index (χ0v) is 11.2. The standard InChI is InChI=1S/C13H17N3O3/c1-9(11-5-4-6-19-11)14-7-10-12(17-2)15-8-16-13(10)18-3/h4-6,8-9,14H,7H2,1-3H3/t9-/m0/s1. The van der Waals surface area contributed by atoms with E-state index >= 15 is 0 Å². The first-order chi connectivity index (χ1) is 9.26. The van der Waals surface area contributed by atoms with Crippen LogP contribution in [-0.4, -0.2) is 24.2 Å². The molecule has 19 heavy (non-hydrogen) atoms. The fourth-order valence-electron chi connectivity index (χ4n) is 1.78. The maximum Gasteiger partial charge on any atom is 0.224 e. The van der Waals surface area contributed by atoms with E-state index in [1.54, 1.807) is 20.5 Å². The van der Waals surface area contributed by atoms with E-state index in [9.17, 15) is 0 Å². The summed E-state index contributed by atoms with van der Waals surface area (Å²) in [6, 6.07) is 3.86. The quantitative estimate of drug-likeness (QED) is 0.859. The van der Waals surface area contributed by atoms with Gasteiger partial charge in [0.15, 0.2) is 0 Å². The summed E-state index contributed by atoms with van der Waals surface area (Å²) in [7, 11) is 3.14. The minimum Gasteiger partial charge on any atom is -0.481 e. The van der Waals surface area contributed by atoms with Crippen LogP contribution in [0.4, 0.5) is 0 Å². The highest BCUT2D eigenvalue weighted by Gasteiger charge is 2.15. The summed E-state index contributed by atoms with van der Waals surface area (Å²) in [5, 5.41) is 3.32. The van der Waals surface area contributed by atoms with Crippen molar-refractivity contribution >= 4 is 0 Å². The maximum absolute atomic E-state index is 5.34. The van der Waals surface area contributed by atoms with Crippen molar-refractivity contribution in [3.63, 3.8) is 0 Å². The summed E-state index contributed by atoms with van der Waals surface area (Å²) < 4.78 is 15.8. The van der Waals surface area contributed by atoms with Gasteiger partial charge in [-0.1, -0.05) is 0 Å². The molecule has 2 aromatic heterocycles. The average Bonchev–Trinajstić information content (AvgIpc) is 2.98. The molecule has 2 heterocycles. The minimum absolute atomic E-state index is 0.0737. The van der Waals surface area contributed by atoms with E-state index in [1.807, 2.05) is 19.1 Å². The Balaban J connectivity index is 2.10. The van der Waals surface area contributed by atoms with E-state index in [0.717, 1.165) is 11.3 Å². The van der Waals surface area contributed by atoms with Crippen LogP contribution in [0.2, 0.25) is 0 Å². The van der Waals surface area contributed by atoms with Gasteiger partial charge in [-0.15, -0.1) is 0 Å². The molecule has 0 aliphatic rings. The molecule has 2 rings (SSSR count). The van der Waals surface area contributed by atoms with Gasteiger partial charge in [0.2, 0.25) is 11.8 Å². The SMILES string of the molecule is COc1ncnc(OC)c1CN[C@@H](C)c1ccco1. The molecule has 0 saturated carbocycles. The van der Waals surface area contributed by atoms with E-state index in [-0.39, 0.29) is 6.04 Å². The van der Waals surface area contributed by atoms with Crippen LogP contribution in [0.1, 0.15) is 24.3 Å². The van der Waals surface area contributed by atoms with Crippen LogP contribution in [0.15, 0.2) is 29.1 Å². The van der Waals surface area contributed by atoms with Crippen molar-refractivity contribution in [1.29, 1.82) is 0 Å². The zero-order chi connectivity index (χ0) is 13.7. The second-order valence-electron chi connectivity index (χ2n) is 3.99. The number of hydrogen-bond acceptors (Lipinski definition) is 6. The molecule has 0 aliphatic carbocycles. The van der Waals surface area contributed by atoms with Gasteiger partial charge in [-0.05, 0) is 19.1 Å². The lowest BCUT2D eigenvalue weighted by molar-refractivity contribution is 0.354. The van der Waals surface area contributed by atoms with E-state index in [0.29, 0.717) is 18.3 Å². The van der Waals surface area contributed by atoms with Crippen molar-refractivity contribution in [2.24, 2.45) is 0 Å². The molecule has 6 heteroatoms. The van der Waals surface area contributed by atoms with Crippen molar-refractivity contribution in [3.8, 4) is 11.8 Å². The predicted octanol–water partition coefficient (Wildman–Crippen LogP) is 1.94. The number of nitrogens with zero attached hydrogens (tertiary/aromatic N) is 2. The highest BCUT2D eigenvalue weighted by atomic mass is 16.5. The van der Waals surface area contributed by atoms with Crippen LogP contribution in [0.3, 0.4) is 0 Å². The number of methoxy groups -OCH3 is 2. The number of hydrogen-bond donors (Lipinski definition) is 1. The predicted molar refractivity (Wildman–Crippen MR) is 69.1 cm³/mol. The smallest absolute Gasteiger partial charge is 0.224 e. The normalized spacial score (nSPS) is 12.2. The maximum atomic E-state index is 5.34. The van der Waals surface area contributed by atoms with Gasteiger partial charge in [0.05, 0.1) is 32.1 Å². The molecular formula is C13H17N3O3. The van der Waals surface area contributed by atoms with E-state index < -0.39 is 0 Å². The van der Waals surface area contributed by atoms with Crippen molar-refractivity contribution in [2.45, 2.75) is 19.5 Å². The van der Waals surface area contributed by atoms with Crippen LogP contribution < -0.4 is 14.8 Å². The highest BCUT2D eigenvalue weighted by molar-refractivity contribution is 5.34. The van der Waals surface area contributed by atoms with Crippen molar-refractivity contribution in [2.75, 3.05) is 14.2 Å². The molecule has 0 unspecified atom stereocenters. The van der Waals surface area contributed by atoms with Gasteiger partial charge in [0, 0.05) is 6.54 Å². The third-order valence-electron chi connectivity index (χ3n) is 2.81. The molecule has 0 amide bonds. The molecule has 0 aliphatic heterocycles. The van der Waals surface area contributed by atoms with Gasteiger partial charge < -0.3 is 19.2 Å². The summed E-state index contributed by atoms with van der Waals surface area (Å²) >= 11 is 0. The lowest BCUT2D eigenvalue weighted by Crippen LogP contribution is -2.19. The first kappa shape index (κ1) is 13.4. The van der Waals surface area contributed by atoms with Crippen LogP contribution in [0, 0.1) is 0 Å². The third kappa shape index (κ3) is 3.03. The fourth-order valence-corrected chi connectivity index (χ4v) is 1.78. The molecule has 1 atom stereocenters. The zero-order valence-electron chi connectivity index (χ0n) is 11.2. The second kappa shape index (κ2) is 6.19. The third-order valence-corrected chi connectivity index (χ3v) is 2.81. The summed E-state index contributed by atoms with van der Waals surface area (Å²) in [4.78, 5) is 8.14. The average molecular weight is 263 g/mol. The largest absolute Gasteiger partial charge is 0.481 e. The van der Waals surface area contributed by atoms with Crippen molar-refractivity contribution < 1.29 is 13.9 Å². The lowest BCUT2D eigenvalue weighted by atomic mass is 10.2. The first-order valence-electron chi connectivity index (χ1n) is 5.95. The molecule has 102 valence electrons. The summed E-state index contributed by atoms with van der Waals surface area (Å²) in [5.74, 6) is 1.88. The van der Waals surface area contributed by atoms with Gasteiger partial charge in [-0.25, -0.2) is 9.97 Å². The summed E-state index contributed by atoms with van der Waals surface area (Å²) in [5.41, 5.74) is 0.783. The summed E-state index contributed by atoms with van der Waals surface area (Å²) in [6.45, 7) is 2.54. The number of ether oxygens (including phenoxy) is 2. The van der Waals surface area contributed by atoms with Crippen LogP contribution in [0.25, 0.3) is 0 Å². The molecule has 0 radical (unpaired) electrons. The molecule has 0 aromatic carbocycles. The first-order valence-corrected chi connectivity index (χ1v) is 5.95. The fraction of sp³-hybridized carbons (Fsp3) is 0.385. The molecule has 0 bridgehead atoms. The van der Waals surface area contributed by atoms with Gasteiger partial charge in [0.1, 0.15) is 12.1 Å². The molecule has 0 saturated heterocycles. The van der Waals surface area contributed by atoms with E-state index in [4.69, 9.17) is 13.9 Å². The topological polar surface area (TPSA) is 69.4 Å². The van der Waals surface area contributed by atoms with Crippen LogP contribution in [-0.2, 0) is 6.54 Å². The van der Waals surface area contributed by atoms with Crippen molar-refractivity contribution in [3.05, 3.63) is 36.0 Å². The molecule has 0 spiro atoms. The monoisotopic (exact) mass is 263 g/mol. The number of rotatable bonds is 6. The van der Waals surface area contributed by atoms with Gasteiger partial charge in [-0.2, -0.15) is 0 Å². The van der Waals surface area contributed by atoms with Crippen molar-refractivity contribution in [1.82, 2.24) is 15.3 Å². The number of nitrogens with one attached hydrogen (secondary N) is 1. The Morgan fingerprint density at radius 3 is 2.47 bits per heavy atom. The Morgan fingerprint density at radius 1 is 1.26 bits per heavy atom. The minimum atomic E-state index is 0.0737. The number of aromatic nitrogens is 2. The Labute approximate surface area is 111 Å². The Kier molecular flexibility index (Phi) is 4.35. The van der Waals surface area contributed by atoms with Gasteiger partial charge >= 0.3 is 0 Å². The molecular weight excluding hydrogens is 246 g/mol. The molecule has 1 N–H and O–H groups in total. The Hall–Kier alpha value is -2.08. The molecule has 0 fully saturated rings.